The molecule has 0 unspecified atom stereocenters. The van der Waals surface area contributed by atoms with E-state index in [0.29, 0.717) is 18.6 Å². The van der Waals surface area contributed by atoms with Gasteiger partial charge in [-0.3, -0.25) is 4.79 Å². The van der Waals surface area contributed by atoms with Crippen LogP contribution in [0.25, 0.3) is 10.9 Å². The van der Waals surface area contributed by atoms with Crippen molar-refractivity contribution in [1.82, 2.24) is 9.78 Å². The van der Waals surface area contributed by atoms with Crippen molar-refractivity contribution in [2.45, 2.75) is 50.7 Å². The number of halogens is 1. The van der Waals surface area contributed by atoms with Crippen molar-refractivity contribution in [2.75, 3.05) is 11.9 Å². The molecule has 2 atom stereocenters. The number of aromatic nitrogens is 2. The molecule has 0 bridgehead atoms. The van der Waals surface area contributed by atoms with Crippen molar-refractivity contribution >= 4 is 53.7 Å². The lowest BCUT2D eigenvalue weighted by Crippen LogP contribution is -2.22. The Morgan fingerprint density at radius 1 is 1.23 bits per heavy atom. The standard InChI is InChI=1S/C23H28IN3O2Si/c1-30(2,3)11-10-29-15-27-22-12-16(8-9-18(22)23(24)26-27)19-13-20(19)17-6-4-5-7-21(17)25-14-28/h4-9,12,14,19-20H,10-11,13,15H2,1-3H3,(H,25,28)/t19-,20+/m0/s1. The van der Waals surface area contributed by atoms with Crippen molar-refractivity contribution in [3.63, 3.8) is 0 Å². The highest BCUT2D eigenvalue weighted by atomic mass is 127. The summed E-state index contributed by atoms with van der Waals surface area (Å²) >= 11 is 2.30. The number of benzene rings is 2. The van der Waals surface area contributed by atoms with E-state index in [-0.39, 0.29) is 0 Å². The van der Waals surface area contributed by atoms with Crippen LogP contribution in [0.15, 0.2) is 42.5 Å². The van der Waals surface area contributed by atoms with Gasteiger partial charge in [-0.25, -0.2) is 4.68 Å². The number of amides is 1. The van der Waals surface area contributed by atoms with Crippen LogP contribution in [0, 0.1) is 3.70 Å². The van der Waals surface area contributed by atoms with E-state index < -0.39 is 8.07 Å². The molecule has 0 radical (unpaired) electrons. The highest BCUT2D eigenvalue weighted by Gasteiger charge is 2.40. The summed E-state index contributed by atoms with van der Waals surface area (Å²) in [6.45, 7) is 8.38. The van der Waals surface area contributed by atoms with E-state index in [9.17, 15) is 4.79 Å². The number of para-hydroxylation sites is 1. The van der Waals surface area contributed by atoms with Crippen LogP contribution in [-0.2, 0) is 16.3 Å². The van der Waals surface area contributed by atoms with Gasteiger partial charge in [0.05, 0.1) is 5.52 Å². The molecule has 1 amide bonds. The Balaban J connectivity index is 1.52. The first-order valence-electron chi connectivity index (χ1n) is 10.4. The summed E-state index contributed by atoms with van der Waals surface area (Å²) in [5, 5.41) is 8.72. The number of anilines is 1. The largest absolute Gasteiger partial charge is 0.360 e. The molecular weight excluding hydrogens is 505 g/mol. The number of ether oxygens (including phenoxy) is 1. The predicted octanol–water partition coefficient (Wildman–Crippen LogP) is 5.79. The zero-order valence-electron chi connectivity index (χ0n) is 17.7. The Hall–Kier alpha value is -1.71. The number of carbonyl (C=O) groups excluding carboxylic acids is 1. The van der Waals surface area contributed by atoms with Crippen LogP contribution < -0.4 is 5.32 Å². The molecule has 4 rings (SSSR count). The van der Waals surface area contributed by atoms with Gasteiger partial charge in [0.1, 0.15) is 10.4 Å². The second kappa shape index (κ2) is 8.80. The SMILES string of the molecule is C[Si](C)(C)CCOCn1nc(I)c2ccc([C@@H]3C[C@@H]3c3ccccc3NC=O)cc21. The predicted molar refractivity (Wildman–Crippen MR) is 133 cm³/mol. The van der Waals surface area contributed by atoms with Crippen LogP contribution in [0.3, 0.4) is 0 Å². The number of fused-ring (bicyclic) bond motifs is 1. The van der Waals surface area contributed by atoms with E-state index in [2.05, 4.69) is 71.8 Å². The van der Waals surface area contributed by atoms with Gasteiger partial charge in [-0.15, -0.1) is 0 Å². The third kappa shape index (κ3) is 4.78. The van der Waals surface area contributed by atoms with Crippen molar-refractivity contribution < 1.29 is 9.53 Å². The lowest BCUT2D eigenvalue weighted by atomic mass is 10.0. The van der Waals surface area contributed by atoms with Crippen molar-refractivity contribution in [3.8, 4) is 0 Å². The zero-order chi connectivity index (χ0) is 21.3. The van der Waals surface area contributed by atoms with Gasteiger partial charge in [-0.1, -0.05) is 43.9 Å². The summed E-state index contributed by atoms with van der Waals surface area (Å²) in [6, 6.07) is 15.9. The maximum Gasteiger partial charge on any atom is 0.211 e. The molecule has 0 aliphatic heterocycles. The normalized spacial score (nSPS) is 18.5. The first kappa shape index (κ1) is 21.5. The molecule has 1 fully saturated rings. The second-order valence-electron chi connectivity index (χ2n) is 9.21. The Bertz CT molecular complexity index is 1060. The van der Waals surface area contributed by atoms with Crippen LogP contribution in [-0.4, -0.2) is 30.9 Å². The first-order chi connectivity index (χ1) is 14.4. The fraction of sp³-hybridized carbons (Fsp3) is 0.391. The third-order valence-corrected chi connectivity index (χ3v) is 8.23. The van der Waals surface area contributed by atoms with Crippen molar-refractivity contribution in [2.24, 2.45) is 0 Å². The summed E-state index contributed by atoms with van der Waals surface area (Å²) in [5.41, 5.74) is 4.59. The molecular formula is C23H28IN3O2Si. The monoisotopic (exact) mass is 533 g/mol. The van der Waals surface area contributed by atoms with Crippen LogP contribution in [0.4, 0.5) is 5.69 Å². The summed E-state index contributed by atoms with van der Waals surface area (Å²) in [7, 11) is -1.09. The highest BCUT2D eigenvalue weighted by Crippen LogP contribution is 2.56. The highest BCUT2D eigenvalue weighted by molar-refractivity contribution is 14.1. The Kier molecular flexibility index (Phi) is 6.31. The van der Waals surface area contributed by atoms with Gasteiger partial charge in [-0.2, -0.15) is 5.10 Å². The molecule has 1 N–H and O–H groups in total. The number of carbonyl (C=O) groups is 1. The first-order valence-corrected chi connectivity index (χ1v) is 15.2. The molecule has 30 heavy (non-hydrogen) atoms. The summed E-state index contributed by atoms with van der Waals surface area (Å²) in [5.74, 6) is 0.910. The lowest BCUT2D eigenvalue weighted by Gasteiger charge is -2.15. The smallest absolute Gasteiger partial charge is 0.211 e. The molecule has 158 valence electrons. The quantitative estimate of drug-likeness (QED) is 0.164. The average molecular weight is 533 g/mol. The van der Waals surface area contributed by atoms with Gasteiger partial charge in [-0.05, 0) is 76.2 Å². The molecule has 5 nitrogen and oxygen atoms in total. The van der Waals surface area contributed by atoms with Gasteiger partial charge in [0.2, 0.25) is 6.41 Å². The van der Waals surface area contributed by atoms with E-state index in [1.165, 1.54) is 16.5 Å². The molecule has 2 aromatic carbocycles. The molecule has 0 spiro atoms. The van der Waals surface area contributed by atoms with Gasteiger partial charge >= 0.3 is 0 Å². The number of hydrogen-bond acceptors (Lipinski definition) is 3. The van der Waals surface area contributed by atoms with E-state index >= 15 is 0 Å². The van der Waals surface area contributed by atoms with E-state index in [1.54, 1.807) is 0 Å². The molecule has 7 heteroatoms. The van der Waals surface area contributed by atoms with E-state index in [0.717, 1.165) is 40.4 Å². The number of hydrogen-bond donors (Lipinski definition) is 1. The fourth-order valence-electron chi connectivity index (χ4n) is 3.93. The maximum absolute atomic E-state index is 10.9. The van der Waals surface area contributed by atoms with Crippen LogP contribution >= 0.6 is 22.6 Å². The maximum atomic E-state index is 10.9. The Labute approximate surface area is 192 Å². The molecule has 1 aliphatic carbocycles. The topological polar surface area (TPSA) is 56.1 Å². The van der Waals surface area contributed by atoms with Crippen molar-refractivity contribution in [3.05, 3.63) is 57.3 Å². The van der Waals surface area contributed by atoms with Gasteiger partial charge in [0, 0.05) is 25.8 Å². The van der Waals surface area contributed by atoms with Gasteiger partial charge in [0.15, 0.2) is 0 Å². The number of nitrogens with one attached hydrogen (secondary N) is 1. The number of nitrogens with zero attached hydrogens (tertiary/aromatic N) is 2. The Morgan fingerprint density at radius 3 is 2.80 bits per heavy atom. The lowest BCUT2D eigenvalue weighted by molar-refractivity contribution is -0.105. The fourth-order valence-corrected chi connectivity index (χ4v) is 5.40. The molecule has 1 aromatic heterocycles. The minimum Gasteiger partial charge on any atom is -0.360 e. The zero-order valence-corrected chi connectivity index (χ0v) is 20.8. The minimum atomic E-state index is -1.09. The summed E-state index contributed by atoms with van der Waals surface area (Å²) < 4.78 is 8.96. The van der Waals surface area contributed by atoms with Gasteiger partial charge < -0.3 is 10.1 Å². The van der Waals surface area contributed by atoms with Crippen LogP contribution in [0.2, 0.25) is 25.7 Å². The molecule has 1 heterocycles. The van der Waals surface area contributed by atoms with E-state index in [4.69, 9.17) is 9.84 Å². The third-order valence-electron chi connectivity index (χ3n) is 5.73. The van der Waals surface area contributed by atoms with Crippen molar-refractivity contribution in [1.29, 1.82) is 0 Å². The second-order valence-corrected chi connectivity index (χ2v) is 15.9. The summed E-state index contributed by atoms with van der Waals surface area (Å²) in [4.78, 5) is 10.9. The molecule has 1 aliphatic rings. The van der Waals surface area contributed by atoms with E-state index in [1.807, 2.05) is 22.9 Å². The van der Waals surface area contributed by atoms with Crippen LogP contribution in [0.1, 0.15) is 29.4 Å². The van der Waals surface area contributed by atoms with Crippen LogP contribution in [0.5, 0.6) is 0 Å². The minimum absolute atomic E-state index is 0.439. The average Bonchev–Trinajstić information content (AvgIpc) is 3.44. The number of rotatable bonds is 9. The Morgan fingerprint density at radius 2 is 2.03 bits per heavy atom. The molecule has 3 aromatic rings. The molecule has 1 saturated carbocycles. The summed E-state index contributed by atoms with van der Waals surface area (Å²) in [6.07, 6.45) is 1.85. The molecule has 0 saturated heterocycles. The van der Waals surface area contributed by atoms with Gasteiger partial charge in [0.25, 0.3) is 0 Å².